The topological polar surface area (TPSA) is 64.3 Å². The van der Waals surface area contributed by atoms with Gasteiger partial charge in [-0.05, 0) is 24.8 Å². The second-order valence-electron chi connectivity index (χ2n) is 6.29. The fourth-order valence-corrected chi connectivity index (χ4v) is 3.83. The zero-order valence-electron chi connectivity index (χ0n) is 11.8. The molecule has 4 heteroatoms. The van der Waals surface area contributed by atoms with E-state index in [2.05, 4.69) is 10.3 Å². The van der Waals surface area contributed by atoms with Gasteiger partial charge in [0.2, 0.25) is 5.88 Å². The summed E-state index contributed by atoms with van der Waals surface area (Å²) in [6.07, 6.45) is 7.24. The smallest absolute Gasteiger partial charge is 0.216 e. The molecule has 0 aromatic carbocycles. The number of aromatic hydroxyl groups is 1. The highest BCUT2D eigenvalue weighted by molar-refractivity contribution is 5.48. The van der Waals surface area contributed by atoms with Gasteiger partial charge < -0.3 is 15.2 Å². The van der Waals surface area contributed by atoms with Crippen LogP contribution in [0.15, 0.2) is 0 Å². The van der Waals surface area contributed by atoms with Crippen molar-refractivity contribution in [1.82, 2.24) is 10.3 Å². The van der Waals surface area contributed by atoms with Crippen molar-refractivity contribution in [3.63, 3.8) is 0 Å². The molecule has 1 atom stereocenters. The van der Waals surface area contributed by atoms with Crippen LogP contribution < -0.4 is 5.32 Å². The third-order valence-electron chi connectivity index (χ3n) is 4.96. The van der Waals surface area contributed by atoms with E-state index in [4.69, 9.17) is 4.74 Å². The molecule has 1 aliphatic carbocycles. The first kappa shape index (κ1) is 12.6. The molecule has 20 heavy (non-hydrogen) atoms. The second-order valence-corrected chi connectivity index (χ2v) is 6.29. The average Bonchev–Trinajstić information content (AvgIpc) is 3.32. The van der Waals surface area contributed by atoms with Crippen LogP contribution in [0.1, 0.15) is 66.4 Å². The van der Waals surface area contributed by atoms with E-state index in [1.807, 2.05) is 0 Å². The van der Waals surface area contributed by atoms with Crippen molar-refractivity contribution >= 4 is 0 Å². The average molecular weight is 274 g/mol. The quantitative estimate of drug-likeness (QED) is 0.813. The maximum Gasteiger partial charge on any atom is 0.216 e. The standard InChI is InChI=1S/C16H22N2O2/c19-16-14(13-8-17-13)11-6-7-20-9-12(11)15(18-16)10-4-2-1-3-5-10/h10,13,17H,1-9H2,(H,18,19). The van der Waals surface area contributed by atoms with Crippen LogP contribution in [0, 0.1) is 0 Å². The summed E-state index contributed by atoms with van der Waals surface area (Å²) in [6, 6.07) is 0.315. The van der Waals surface area contributed by atoms with Gasteiger partial charge in [0.05, 0.1) is 24.9 Å². The van der Waals surface area contributed by atoms with Crippen LogP contribution in [0.3, 0.4) is 0 Å². The summed E-state index contributed by atoms with van der Waals surface area (Å²) >= 11 is 0. The molecule has 4 rings (SSSR count). The Labute approximate surface area is 119 Å². The summed E-state index contributed by atoms with van der Waals surface area (Å²) in [5, 5.41) is 13.7. The van der Waals surface area contributed by atoms with E-state index >= 15 is 0 Å². The first-order chi connectivity index (χ1) is 9.84. The summed E-state index contributed by atoms with van der Waals surface area (Å²) < 4.78 is 5.68. The van der Waals surface area contributed by atoms with E-state index in [-0.39, 0.29) is 5.88 Å². The second kappa shape index (κ2) is 5.01. The monoisotopic (exact) mass is 274 g/mol. The van der Waals surface area contributed by atoms with Crippen molar-refractivity contribution < 1.29 is 9.84 Å². The largest absolute Gasteiger partial charge is 0.493 e. The molecule has 3 aliphatic rings. The molecule has 2 fully saturated rings. The number of fused-ring (bicyclic) bond motifs is 1. The first-order valence-electron chi connectivity index (χ1n) is 7.90. The molecule has 1 aromatic heterocycles. The van der Waals surface area contributed by atoms with Gasteiger partial charge in [0.15, 0.2) is 0 Å². The molecule has 0 radical (unpaired) electrons. The van der Waals surface area contributed by atoms with Gasteiger partial charge in [0, 0.05) is 23.6 Å². The Morgan fingerprint density at radius 1 is 1.15 bits per heavy atom. The van der Waals surface area contributed by atoms with E-state index in [0.29, 0.717) is 18.6 Å². The van der Waals surface area contributed by atoms with Gasteiger partial charge >= 0.3 is 0 Å². The number of aromatic nitrogens is 1. The maximum atomic E-state index is 10.4. The van der Waals surface area contributed by atoms with Crippen molar-refractivity contribution in [2.24, 2.45) is 0 Å². The Morgan fingerprint density at radius 2 is 1.95 bits per heavy atom. The van der Waals surface area contributed by atoms with E-state index in [9.17, 15) is 5.11 Å². The van der Waals surface area contributed by atoms with Crippen LogP contribution in [0.25, 0.3) is 0 Å². The van der Waals surface area contributed by atoms with E-state index in [0.717, 1.165) is 30.8 Å². The predicted octanol–water partition coefficient (Wildman–Crippen LogP) is 2.55. The number of ether oxygens (including phenoxy) is 1. The summed E-state index contributed by atoms with van der Waals surface area (Å²) in [7, 11) is 0. The highest BCUT2D eigenvalue weighted by Gasteiger charge is 2.34. The van der Waals surface area contributed by atoms with E-state index in [1.54, 1.807) is 0 Å². The van der Waals surface area contributed by atoms with Gasteiger partial charge in [-0.1, -0.05) is 19.3 Å². The Morgan fingerprint density at radius 3 is 2.70 bits per heavy atom. The molecular formula is C16H22N2O2. The van der Waals surface area contributed by atoms with Crippen LogP contribution in [-0.4, -0.2) is 23.2 Å². The third-order valence-corrected chi connectivity index (χ3v) is 4.96. The number of pyridine rings is 1. The highest BCUT2D eigenvalue weighted by atomic mass is 16.5. The Bertz CT molecular complexity index is 520. The Hall–Kier alpha value is -1.13. The lowest BCUT2D eigenvalue weighted by atomic mass is 9.82. The zero-order valence-corrected chi connectivity index (χ0v) is 11.8. The van der Waals surface area contributed by atoms with E-state index in [1.165, 1.54) is 43.2 Å². The van der Waals surface area contributed by atoms with Crippen molar-refractivity contribution in [2.45, 2.75) is 57.1 Å². The van der Waals surface area contributed by atoms with Gasteiger partial charge in [-0.3, -0.25) is 0 Å². The number of nitrogens with one attached hydrogen (secondary N) is 1. The minimum absolute atomic E-state index is 0.265. The van der Waals surface area contributed by atoms with Gasteiger partial charge in [0.1, 0.15) is 0 Å². The summed E-state index contributed by atoms with van der Waals surface area (Å²) in [5.41, 5.74) is 4.77. The minimum atomic E-state index is 0.265. The molecule has 4 nitrogen and oxygen atoms in total. The highest BCUT2D eigenvalue weighted by Crippen LogP contribution is 2.41. The molecule has 1 aromatic rings. The molecule has 1 saturated carbocycles. The molecule has 1 saturated heterocycles. The molecule has 0 bridgehead atoms. The fraction of sp³-hybridized carbons (Fsp3) is 0.688. The third kappa shape index (κ3) is 2.11. The Kier molecular flexibility index (Phi) is 3.15. The minimum Gasteiger partial charge on any atom is -0.493 e. The van der Waals surface area contributed by atoms with Gasteiger partial charge in [-0.25, -0.2) is 4.98 Å². The van der Waals surface area contributed by atoms with Crippen LogP contribution >= 0.6 is 0 Å². The van der Waals surface area contributed by atoms with Gasteiger partial charge in [0.25, 0.3) is 0 Å². The molecule has 0 spiro atoms. The molecule has 3 heterocycles. The molecule has 1 unspecified atom stereocenters. The normalized spacial score (nSPS) is 26.3. The molecule has 2 N–H and O–H groups in total. The lowest BCUT2D eigenvalue weighted by Gasteiger charge is -2.28. The maximum absolute atomic E-state index is 10.4. The van der Waals surface area contributed by atoms with Crippen molar-refractivity contribution in [3.05, 3.63) is 22.4 Å². The molecule has 108 valence electrons. The van der Waals surface area contributed by atoms with E-state index < -0.39 is 0 Å². The zero-order chi connectivity index (χ0) is 13.5. The lowest BCUT2D eigenvalue weighted by Crippen LogP contribution is -2.19. The summed E-state index contributed by atoms with van der Waals surface area (Å²) in [6.45, 7) is 2.40. The van der Waals surface area contributed by atoms with Crippen LogP contribution in [-0.2, 0) is 17.8 Å². The van der Waals surface area contributed by atoms with Crippen molar-refractivity contribution in [2.75, 3.05) is 13.2 Å². The van der Waals surface area contributed by atoms with Crippen LogP contribution in [0.2, 0.25) is 0 Å². The molecule has 2 aliphatic heterocycles. The van der Waals surface area contributed by atoms with Crippen LogP contribution in [0.5, 0.6) is 5.88 Å². The number of hydrogen-bond donors (Lipinski definition) is 2. The fourth-order valence-electron chi connectivity index (χ4n) is 3.83. The van der Waals surface area contributed by atoms with Crippen molar-refractivity contribution in [1.29, 1.82) is 0 Å². The summed E-state index contributed by atoms with van der Waals surface area (Å²) in [5.74, 6) is 0.785. The lowest BCUT2D eigenvalue weighted by molar-refractivity contribution is 0.108. The first-order valence-corrected chi connectivity index (χ1v) is 7.90. The summed E-state index contributed by atoms with van der Waals surface area (Å²) in [4.78, 5) is 4.61. The van der Waals surface area contributed by atoms with Gasteiger partial charge in [-0.2, -0.15) is 0 Å². The van der Waals surface area contributed by atoms with Crippen LogP contribution in [0.4, 0.5) is 0 Å². The number of rotatable bonds is 2. The predicted molar refractivity (Wildman–Crippen MR) is 75.8 cm³/mol. The molecular weight excluding hydrogens is 252 g/mol. The van der Waals surface area contributed by atoms with Gasteiger partial charge in [-0.15, -0.1) is 0 Å². The molecule has 0 amide bonds. The van der Waals surface area contributed by atoms with Crippen molar-refractivity contribution in [3.8, 4) is 5.88 Å². The number of hydrogen-bond acceptors (Lipinski definition) is 4. The Balaban J connectivity index is 1.80. The number of nitrogens with zero attached hydrogens (tertiary/aromatic N) is 1. The SMILES string of the molecule is Oc1nc(C2CCCCC2)c2c(c1C1CN1)CCOC2.